The first-order chi connectivity index (χ1) is 6.79. The van der Waals surface area contributed by atoms with Gasteiger partial charge in [0.15, 0.2) is 0 Å². The van der Waals surface area contributed by atoms with Gasteiger partial charge in [-0.3, -0.25) is 0 Å². The summed E-state index contributed by atoms with van der Waals surface area (Å²) in [6, 6.07) is 1.79. The predicted molar refractivity (Wildman–Crippen MR) is 59.9 cm³/mol. The van der Waals surface area contributed by atoms with Crippen LogP contribution in [0.4, 0.5) is 5.82 Å². The van der Waals surface area contributed by atoms with Crippen LogP contribution in [0.5, 0.6) is 0 Å². The minimum atomic E-state index is -0.390. The van der Waals surface area contributed by atoms with E-state index in [0.29, 0.717) is 11.4 Å². The summed E-state index contributed by atoms with van der Waals surface area (Å²) < 4.78 is 6.49. The molecule has 0 fully saturated rings. The van der Waals surface area contributed by atoms with Gasteiger partial charge in [0.2, 0.25) is 0 Å². The van der Waals surface area contributed by atoms with E-state index in [-0.39, 0.29) is 5.41 Å². The van der Waals surface area contributed by atoms with E-state index in [4.69, 9.17) is 5.73 Å². The van der Waals surface area contributed by atoms with Crippen LogP contribution in [0.15, 0.2) is 6.07 Å². The largest absolute Gasteiger partial charge is 0.465 e. The highest BCUT2D eigenvalue weighted by Crippen LogP contribution is 2.28. The average molecular weight is 210 g/mol. The molecule has 0 bridgehead atoms. The first kappa shape index (κ1) is 11.6. The van der Waals surface area contributed by atoms with Crippen LogP contribution in [-0.4, -0.2) is 17.6 Å². The van der Waals surface area contributed by atoms with Gasteiger partial charge >= 0.3 is 5.97 Å². The summed E-state index contributed by atoms with van der Waals surface area (Å²) in [7, 11) is 3.20. The Kier molecular flexibility index (Phi) is 2.79. The molecule has 0 amide bonds. The quantitative estimate of drug-likeness (QED) is 0.718. The third kappa shape index (κ3) is 1.98. The van der Waals surface area contributed by atoms with E-state index in [0.717, 1.165) is 5.69 Å². The Morgan fingerprint density at radius 2 is 2.00 bits per heavy atom. The van der Waals surface area contributed by atoms with Crippen LogP contribution in [0.3, 0.4) is 0 Å². The lowest BCUT2D eigenvalue weighted by molar-refractivity contribution is 0.0602. The van der Waals surface area contributed by atoms with Crippen molar-refractivity contribution in [2.75, 3.05) is 12.8 Å². The minimum absolute atomic E-state index is 0.0465. The molecule has 84 valence electrons. The maximum atomic E-state index is 11.4. The zero-order valence-electron chi connectivity index (χ0n) is 9.92. The standard InChI is InChI=1S/C11H18N2O2/c1-11(2,3)8-6-7(10(14)15-5)9(12)13(8)4/h6H,12H2,1-5H3. The van der Waals surface area contributed by atoms with Crippen molar-refractivity contribution >= 4 is 11.8 Å². The molecule has 1 rings (SSSR count). The van der Waals surface area contributed by atoms with Gasteiger partial charge in [0, 0.05) is 18.2 Å². The summed E-state index contributed by atoms with van der Waals surface area (Å²) in [5.74, 6) is 0.0605. The van der Waals surface area contributed by atoms with E-state index < -0.39 is 5.97 Å². The van der Waals surface area contributed by atoms with Gasteiger partial charge < -0.3 is 15.0 Å². The number of carbonyl (C=O) groups excluding carboxylic acids is 1. The lowest BCUT2D eigenvalue weighted by Gasteiger charge is -2.19. The first-order valence-electron chi connectivity index (χ1n) is 4.83. The normalized spacial score (nSPS) is 11.5. The van der Waals surface area contributed by atoms with Gasteiger partial charge in [-0.25, -0.2) is 4.79 Å². The molecule has 1 aromatic heterocycles. The van der Waals surface area contributed by atoms with E-state index in [1.54, 1.807) is 6.07 Å². The van der Waals surface area contributed by atoms with Gasteiger partial charge in [0.1, 0.15) is 11.4 Å². The fraction of sp³-hybridized carbons (Fsp3) is 0.545. The number of hydrogen-bond acceptors (Lipinski definition) is 3. The number of nitrogens with zero attached hydrogens (tertiary/aromatic N) is 1. The zero-order chi connectivity index (χ0) is 11.8. The number of ether oxygens (including phenoxy) is 1. The molecule has 0 aliphatic carbocycles. The van der Waals surface area contributed by atoms with Crippen molar-refractivity contribution < 1.29 is 9.53 Å². The maximum absolute atomic E-state index is 11.4. The number of esters is 1. The number of rotatable bonds is 1. The Morgan fingerprint density at radius 3 is 2.33 bits per heavy atom. The lowest BCUT2D eigenvalue weighted by Crippen LogP contribution is -2.16. The molecular weight excluding hydrogens is 192 g/mol. The second-order valence-corrected chi connectivity index (χ2v) is 4.63. The van der Waals surface area contributed by atoms with Crippen molar-refractivity contribution in [2.45, 2.75) is 26.2 Å². The monoisotopic (exact) mass is 210 g/mol. The lowest BCUT2D eigenvalue weighted by atomic mass is 9.92. The van der Waals surface area contributed by atoms with Crippen LogP contribution in [0, 0.1) is 0 Å². The molecule has 0 unspecified atom stereocenters. The van der Waals surface area contributed by atoms with Gasteiger partial charge in [-0.05, 0) is 6.07 Å². The van der Waals surface area contributed by atoms with Crippen LogP contribution in [0.25, 0.3) is 0 Å². The smallest absolute Gasteiger partial charge is 0.341 e. The highest BCUT2D eigenvalue weighted by atomic mass is 16.5. The SMILES string of the molecule is COC(=O)c1cc(C(C)(C)C)n(C)c1N. The van der Waals surface area contributed by atoms with E-state index in [1.807, 2.05) is 11.6 Å². The van der Waals surface area contributed by atoms with Crippen molar-refractivity contribution in [1.82, 2.24) is 4.57 Å². The van der Waals surface area contributed by atoms with Gasteiger partial charge in [-0.2, -0.15) is 0 Å². The summed E-state index contributed by atoms with van der Waals surface area (Å²) in [4.78, 5) is 11.4. The van der Waals surface area contributed by atoms with Crippen LogP contribution in [-0.2, 0) is 17.2 Å². The van der Waals surface area contributed by atoms with Gasteiger partial charge in [0.25, 0.3) is 0 Å². The predicted octanol–water partition coefficient (Wildman–Crippen LogP) is 1.69. The molecule has 0 saturated carbocycles. The number of nitrogen functional groups attached to an aromatic ring is 1. The summed E-state index contributed by atoms with van der Waals surface area (Å²) in [6.07, 6.45) is 0. The Bertz CT molecular complexity index is 386. The topological polar surface area (TPSA) is 57.2 Å². The number of methoxy groups -OCH3 is 1. The zero-order valence-corrected chi connectivity index (χ0v) is 9.92. The molecule has 2 N–H and O–H groups in total. The average Bonchev–Trinajstić information content (AvgIpc) is 2.42. The molecule has 1 heterocycles. The van der Waals surface area contributed by atoms with Crippen molar-refractivity contribution in [3.05, 3.63) is 17.3 Å². The van der Waals surface area contributed by atoms with Crippen LogP contribution in [0.2, 0.25) is 0 Å². The molecule has 0 saturated heterocycles. The summed E-state index contributed by atoms with van der Waals surface area (Å²) in [5.41, 5.74) is 7.24. The Morgan fingerprint density at radius 1 is 1.47 bits per heavy atom. The van der Waals surface area contributed by atoms with Gasteiger partial charge in [-0.15, -0.1) is 0 Å². The van der Waals surface area contributed by atoms with Crippen LogP contribution >= 0.6 is 0 Å². The number of carbonyl (C=O) groups is 1. The Hall–Kier alpha value is -1.45. The third-order valence-corrected chi connectivity index (χ3v) is 2.45. The van der Waals surface area contributed by atoms with Crippen molar-refractivity contribution in [3.8, 4) is 0 Å². The Labute approximate surface area is 90.0 Å². The van der Waals surface area contributed by atoms with Gasteiger partial charge in [-0.1, -0.05) is 20.8 Å². The maximum Gasteiger partial charge on any atom is 0.341 e. The summed E-state index contributed by atoms with van der Waals surface area (Å²) in [5, 5.41) is 0. The molecule has 4 nitrogen and oxygen atoms in total. The minimum Gasteiger partial charge on any atom is -0.465 e. The highest BCUT2D eigenvalue weighted by Gasteiger charge is 2.24. The molecular formula is C11H18N2O2. The van der Waals surface area contributed by atoms with Crippen LogP contribution in [0.1, 0.15) is 36.8 Å². The van der Waals surface area contributed by atoms with E-state index in [1.165, 1.54) is 7.11 Å². The number of anilines is 1. The molecule has 0 aliphatic heterocycles. The molecule has 0 atom stereocenters. The molecule has 0 spiro atoms. The van der Waals surface area contributed by atoms with E-state index >= 15 is 0 Å². The Balaban J connectivity index is 3.31. The van der Waals surface area contributed by atoms with Crippen LogP contribution < -0.4 is 5.73 Å². The van der Waals surface area contributed by atoms with Crippen molar-refractivity contribution in [2.24, 2.45) is 7.05 Å². The first-order valence-corrected chi connectivity index (χ1v) is 4.83. The summed E-state index contributed by atoms with van der Waals surface area (Å²) in [6.45, 7) is 6.22. The van der Waals surface area contributed by atoms with E-state index in [9.17, 15) is 4.79 Å². The third-order valence-electron chi connectivity index (χ3n) is 2.45. The number of aromatic nitrogens is 1. The molecule has 0 aromatic carbocycles. The summed E-state index contributed by atoms with van der Waals surface area (Å²) >= 11 is 0. The van der Waals surface area contributed by atoms with E-state index in [2.05, 4.69) is 25.5 Å². The second kappa shape index (κ2) is 3.61. The fourth-order valence-electron chi connectivity index (χ4n) is 1.61. The second-order valence-electron chi connectivity index (χ2n) is 4.63. The number of nitrogens with two attached hydrogens (primary N) is 1. The molecule has 4 heteroatoms. The molecule has 0 radical (unpaired) electrons. The van der Waals surface area contributed by atoms with Gasteiger partial charge in [0.05, 0.1) is 7.11 Å². The molecule has 1 aromatic rings. The number of hydrogen-bond donors (Lipinski definition) is 1. The highest BCUT2D eigenvalue weighted by molar-refractivity contribution is 5.94. The molecule has 15 heavy (non-hydrogen) atoms. The fourth-order valence-corrected chi connectivity index (χ4v) is 1.61. The van der Waals surface area contributed by atoms with Crippen molar-refractivity contribution in [1.29, 1.82) is 0 Å². The van der Waals surface area contributed by atoms with Crippen molar-refractivity contribution in [3.63, 3.8) is 0 Å². The molecule has 0 aliphatic rings.